The number of hydrogen-bond donors (Lipinski definition) is 0. The van der Waals surface area contributed by atoms with Crippen LogP contribution in [-0.4, -0.2) is 43.2 Å². The van der Waals surface area contributed by atoms with Gasteiger partial charge in [0.05, 0.1) is 4.91 Å². The summed E-state index contributed by atoms with van der Waals surface area (Å²) in [6.07, 6.45) is 5.85. The van der Waals surface area contributed by atoms with Crippen molar-refractivity contribution in [1.82, 2.24) is 4.90 Å². The standard InChI is InChI=1S/C17H21N3OS/c1-18-17-19(2)16(21)15(22-17)12-13-6-8-14(9-7-13)20-10-4-3-5-11-20/h6-9,12H,3-5,10-11H2,1-2H3/b15-12+,18-17?. The van der Waals surface area contributed by atoms with Gasteiger partial charge in [-0.3, -0.25) is 14.7 Å². The molecular formula is C17H21N3OS. The molecular weight excluding hydrogens is 294 g/mol. The Morgan fingerprint density at radius 3 is 2.41 bits per heavy atom. The minimum atomic E-state index is 0.0192. The van der Waals surface area contributed by atoms with Crippen molar-refractivity contribution in [2.24, 2.45) is 4.99 Å². The van der Waals surface area contributed by atoms with Crippen LogP contribution in [0.1, 0.15) is 24.8 Å². The third-order valence-corrected chi connectivity index (χ3v) is 5.26. The van der Waals surface area contributed by atoms with E-state index in [1.54, 1.807) is 19.0 Å². The van der Waals surface area contributed by atoms with Crippen molar-refractivity contribution in [2.45, 2.75) is 19.3 Å². The summed E-state index contributed by atoms with van der Waals surface area (Å²) in [4.78, 5) is 21.0. The molecule has 2 aliphatic heterocycles. The Balaban J connectivity index is 1.76. The lowest BCUT2D eigenvalue weighted by atomic mass is 10.1. The third kappa shape index (κ3) is 3.04. The van der Waals surface area contributed by atoms with E-state index >= 15 is 0 Å². The summed E-state index contributed by atoms with van der Waals surface area (Å²) in [6, 6.07) is 8.48. The lowest BCUT2D eigenvalue weighted by Crippen LogP contribution is -2.29. The summed E-state index contributed by atoms with van der Waals surface area (Å²) < 4.78 is 0. The molecule has 1 aromatic carbocycles. The molecule has 2 aliphatic rings. The average Bonchev–Trinajstić information content (AvgIpc) is 2.84. The summed E-state index contributed by atoms with van der Waals surface area (Å²) in [5.41, 5.74) is 2.34. The molecule has 1 aromatic rings. The van der Waals surface area contributed by atoms with Crippen molar-refractivity contribution in [3.05, 3.63) is 34.7 Å². The highest BCUT2D eigenvalue weighted by Crippen LogP contribution is 2.31. The molecule has 0 N–H and O–H groups in total. The zero-order valence-electron chi connectivity index (χ0n) is 13.1. The number of piperidine rings is 1. The van der Waals surface area contributed by atoms with E-state index in [1.807, 2.05) is 6.08 Å². The smallest absolute Gasteiger partial charge is 0.266 e. The SMILES string of the molecule is CN=C1S/C(=C/c2ccc(N3CCCCC3)cc2)C(=O)N1C. The maximum absolute atomic E-state index is 12.1. The molecule has 4 nitrogen and oxygen atoms in total. The molecule has 1 amide bonds. The number of likely N-dealkylation sites (N-methyl/N-ethyl adjacent to an activating group) is 1. The van der Waals surface area contributed by atoms with Gasteiger partial charge >= 0.3 is 0 Å². The number of thioether (sulfide) groups is 1. The molecule has 3 rings (SSSR count). The fourth-order valence-electron chi connectivity index (χ4n) is 2.83. The lowest BCUT2D eigenvalue weighted by molar-refractivity contribution is -0.121. The second-order valence-corrected chi connectivity index (χ2v) is 6.63. The molecule has 0 aromatic heterocycles. The van der Waals surface area contributed by atoms with Gasteiger partial charge in [-0.25, -0.2) is 0 Å². The first-order valence-electron chi connectivity index (χ1n) is 7.68. The lowest BCUT2D eigenvalue weighted by Gasteiger charge is -2.28. The van der Waals surface area contributed by atoms with Crippen LogP contribution in [0.15, 0.2) is 34.2 Å². The van der Waals surface area contributed by atoms with Gasteiger partial charge in [0.25, 0.3) is 5.91 Å². The minimum Gasteiger partial charge on any atom is -0.372 e. The number of carbonyl (C=O) groups is 1. The first-order chi connectivity index (χ1) is 10.7. The fourth-order valence-corrected chi connectivity index (χ4v) is 3.76. The Morgan fingerprint density at radius 2 is 1.82 bits per heavy atom. The van der Waals surface area contributed by atoms with Gasteiger partial charge in [-0.1, -0.05) is 12.1 Å². The normalized spacial score (nSPS) is 22.9. The second-order valence-electron chi connectivity index (χ2n) is 5.62. The van der Waals surface area contributed by atoms with Crippen LogP contribution in [0.2, 0.25) is 0 Å². The van der Waals surface area contributed by atoms with E-state index in [4.69, 9.17) is 0 Å². The van der Waals surface area contributed by atoms with E-state index in [0.29, 0.717) is 0 Å². The largest absolute Gasteiger partial charge is 0.372 e. The highest BCUT2D eigenvalue weighted by atomic mass is 32.2. The van der Waals surface area contributed by atoms with Gasteiger partial charge in [0.1, 0.15) is 0 Å². The topological polar surface area (TPSA) is 35.9 Å². The number of amides is 1. The highest BCUT2D eigenvalue weighted by molar-refractivity contribution is 8.18. The van der Waals surface area contributed by atoms with Crippen molar-refractivity contribution in [3.8, 4) is 0 Å². The van der Waals surface area contributed by atoms with Crippen LogP contribution in [0.4, 0.5) is 5.69 Å². The maximum atomic E-state index is 12.1. The zero-order valence-corrected chi connectivity index (χ0v) is 13.9. The summed E-state index contributed by atoms with van der Waals surface area (Å²) in [7, 11) is 3.47. The molecule has 0 radical (unpaired) electrons. The van der Waals surface area contributed by atoms with E-state index in [0.717, 1.165) is 28.7 Å². The van der Waals surface area contributed by atoms with Crippen LogP contribution < -0.4 is 4.90 Å². The van der Waals surface area contributed by atoms with Gasteiger partial charge in [0, 0.05) is 32.9 Å². The average molecular weight is 315 g/mol. The van der Waals surface area contributed by atoms with E-state index in [2.05, 4.69) is 34.2 Å². The number of aliphatic imine (C=N–C) groups is 1. The predicted octanol–water partition coefficient (Wildman–Crippen LogP) is 3.21. The second kappa shape index (κ2) is 6.57. The number of anilines is 1. The maximum Gasteiger partial charge on any atom is 0.266 e. The molecule has 0 atom stereocenters. The van der Waals surface area contributed by atoms with Crippen LogP contribution in [-0.2, 0) is 4.79 Å². The van der Waals surface area contributed by atoms with E-state index in [-0.39, 0.29) is 5.91 Å². The molecule has 2 saturated heterocycles. The van der Waals surface area contributed by atoms with Gasteiger partial charge < -0.3 is 4.90 Å². The van der Waals surface area contributed by atoms with E-state index in [9.17, 15) is 4.79 Å². The monoisotopic (exact) mass is 315 g/mol. The number of nitrogens with zero attached hydrogens (tertiary/aromatic N) is 3. The van der Waals surface area contributed by atoms with Gasteiger partial charge in [-0.2, -0.15) is 0 Å². The Hall–Kier alpha value is -1.75. The van der Waals surface area contributed by atoms with Crippen LogP contribution in [0.5, 0.6) is 0 Å². The van der Waals surface area contributed by atoms with Crippen LogP contribution in [0, 0.1) is 0 Å². The van der Waals surface area contributed by atoms with Crippen LogP contribution >= 0.6 is 11.8 Å². The molecule has 0 saturated carbocycles. The number of carbonyl (C=O) groups excluding carboxylic acids is 1. The molecule has 2 heterocycles. The summed E-state index contributed by atoms with van der Waals surface area (Å²) in [6.45, 7) is 2.30. The number of amidine groups is 1. The van der Waals surface area contributed by atoms with Crippen LogP contribution in [0.25, 0.3) is 6.08 Å². The van der Waals surface area contributed by atoms with E-state index < -0.39 is 0 Å². The molecule has 0 spiro atoms. The van der Waals surface area contributed by atoms with E-state index in [1.165, 1.54) is 36.7 Å². The van der Waals surface area contributed by atoms with Crippen molar-refractivity contribution < 1.29 is 4.79 Å². The first-order valence-corrected chi connectivity index (χ1v) is 8.50. The molecule has 22 heavy (non-hydrogen) atoms. The Kier molecular flexibility index (Phi) is 4.52. The van der Waals surface area contributed by atoms with Crippen LogP contribution in [0.3, 0.4) is 0 Å². The molecule has 116 valence electrons. The summed E-state index contributed by atoms with van der Waals surface area (Å²) in [5.74, 6) is 0.0192. The number of hydrogen-bond acceptors (Lipinski definition) is 4. The first kappa shape index (κ1) is 15.2. The predicted molar refractivity (Wildman–Crippen MR) is 94.2 cm³/mol. The molecule has 0 unspecified atom stereocenters. The van der Waals surface area contributed by atoms with Crippen molar-refractivity contribution in [2.75, 3.05) is 32.1 Å². The number of benzene rings is 1. The summed E-state index contributed by atoms with van der Waals surface area (Å²) >= 11 is 1.43. The minimum absolute atomic E-state index is 0.0192. The van der Waals surface area contributed by atoms with Gasteiger partial charge in [-0.15, -0.1) is 0 Å². The zero-order chi connectivity index (χ0) is 15.5. The van der Waals surface area contributed by atoms with Crippen molar-refractivity contribution in [3.63, 3.8) is 0 Å². The van der Waals surface area contributed by atoms with Gasteiger partial charge in [0.2, 0.25) is 0 Å². The Bertz CT molecular complexity index is 615. The van der Waals surface area contributed by atoms with Crippen molar-refractivity contribution in [1.29, 1.82) is 0 Å². The summed E-state index contributed by atoms with van der Waals surface area (Å²) in [5, 5.41) is 0.751. The quantitative estimate of drug-likeness (QED) is 0.786. The highest BCUT2D eigenvalue weighted by Gasteiger charge is 2.29. The van der Waals surface area contributed by atoms with Gasteiger partial charge in [-0.05, 0) is 54.8 Å². The molecule has 2 fully saturated rings. The molecule has 5 heteroatoms. The number of rotatable bonds is 2. The van der Waals surface area contributed by atoms with Gasteiger partial charge in [0.15, 0.2) is 5.17 Å². The van der Waals surface area contributed by atoms with Crippen molar-refractivity contribution >= 4 is 34.6 Å². The fraction of sp³-hybridized carbons (Fsp3) is 0.412. The Morgan fingerprint density at radius 1 is 1.14 bits per heavy atom. The third-order valence-electron chi connectivity index (χ3n) is 4.11. The molecule has 0 bridgehead atoms. The molecule has 0 aliphatic carbocycles. The Labute approximate surface area is 135 Å².